The number of nitrogens with zero attached hydrogens (tertiary/aromatic N) is 6. The number of benzene rings is 1. The first-order valence-electron chi connectivity index (χ1n) is 13.9. The molecule has 2 fully saturated rings. The number of ether oxygens (including phenoxy) is 1. The monoisotopic (exact) mass is 603 g/mol. The topological polar surface area (TPSA) is 95.8 Å². The molecule has 2 aliphatic heterocycles. The van der Waals surface area contributed by atoms with Gasteiger partial charge in [-0.3, -0.25) is 14.5 Å². The van der Waals surface area contributed by atoms with Gasteiger partial charge < -0.3 is 24.4 Å². The fourth-order valence-corrected chi connectivity index (χ4v) is 5.37. The normalized spacial score (nSPS) is 19.9. The van der Waals surface area contributed by atoms with E-state index >= 15 is 4.39 Å². The number of pyridine rings is 1. The second-order valence-corrected chi connectivity index (χ2v) is 11.0. The summed E-state index contributed by atoms with van der Waals surface area (Å²) in [6, 6.07) is 4.74. The molecule has 4 heterocycles. The quantitative estimate of drug-likeness (QED) is 0.442. The van der Waals surface area contributed by atoms with Crippen molar-refractivity contribution < 1.29 is 27.1 Å². The third kappa shape index (κ3) is 6.34. The summed E-state index contributed by atoms with van der Waals surface area (Å²) in [7, 11) is 3.24. The Hall–Kier alpha value is -4.04. The summed E-state index contributed by atoms with van der Waals surface area (Å²) in [5.74, 6) is -1.32. The maximum atomic E-state index is 15.9. The van der Waals surface area contributed by atoms with Crippen LogP contribution in [0.2, 0.25) is 0 Å². The Kier molecular flexibility index (Phi) is 8.43. The van der Waals surface area contributed by atoms with Gasteiger partial charge in [0.2, 0.25) is 5.95 Å². The number of anilines is 3. The molecule has 1 aromatic carbocycles. The van der Waals surface area contributed by atoms with E-state index in [1.54, 1.807) is 0 Å². The Balaban J connectivity index is 1.59. The molecule has 5 rings (SSSR count). The summed E-state index contributed by atoms with van der Waals surface area (Å²) in [6.45, 7) is 7.13. The molecule has 10 nitrogen and oxygen atoms in total. The average molecular weight is 604 g/mol. The Bertz CT molecular complexity index is 1560. The summed E-state index contributed by atoms with van der Waals surface area (Å²) in [5.41, 5.74) is -2.28. The summed E-state index contributed by atoms with van der Waals surface area (Å²) >= 11 is 0. The van der Waals surface area contributed by atoms with Gasteiger partial charge in [0.25, 0.3) is 11.5 Å². The lowest BCUT2D eigenvalue weighted by Crippen LogP contribution is -2.55. The molecule has 230 valence electrons. The lowest BCUT2D eigenvalue weighted by Gasteiger charge is -2.44. The van der Waals surface area contributed by atoms with Crippen molar-refractivity contribution in [3.05, 3.63) is 64.0 Å². The number of piperazine rings is 1. The van der Waals surface area contributed by atoms with Crippen LogP contribution in [0.4, 0.5) is 34.9 Å². The van der Waals surface area contributed by atoms with Crippen molar-refractivity contribution in [1.29, 1.82) is 0 Å². The summed E-state index contributed by atoms with van der Waals surface area (Å²) in [6.07, 6.45) is -2.59. The fraction of sp³-hybridized carbons (Fsp3) is 0.448. The lowest BCUT2D eigenvalue weighted by molar-refractivity contribution is -0.138. The number of hydrogen-bond donors (Lipinski definition) is 1. The number of alkyl halides is 3. The fourth-order valence-electron chi connectivity index (χ4n) is 5.37. The third-order valence-corrected chi connectivity index (χ3v) is 8.03. The van der Waals surface area contributed by atoms with Crippen molar-refractivity contribution in [3.8, 4) is 11.3 Å². The number of amides is 1. The number of nitrogens with one attached hydrogen (secondary N) is 1. The summed E-state index contributed by atoms with van der Waals surface area (Å²) < 4.78 is 63.7. The van der Waals surface area contributed by atoms with Gasteiger partial charge in [-0.2, -0.15) is 13.2 Å². The standard InChI is InChI=1S/C29H33F4N7O3/c1-17-14-40(15-18(2)38(17)4)25-13-22(30)19(23-5-6-34-28(36-23)39-7-9-43-10-8-39)11-24(25)35-27(42)20-16-37(3)26(41)12-21(20)29(31,32)33/h5-6,11-13,16-18H,7-10,14-15H2,1-4H3,(H,35,42). The Morgan fingerprint density at radius 2 is 1.72 bits per heavy atom. The molecule has 14 heteroatoms. The molecule has 1 N–H and O–H groups in total. The van der Waals surface area contributed by atoms with Gasteiger partial charge in [0.1, 0.15) is 5.82 Å². The third-order valence-electron chi connectivity index (χ3n) is 8.03. The number of carbonyl (C=O) groups excluding carboxylic acids is 1. The van der Waals surface area contributed by atoms with Crippen LogP contribution >= 0.6 is 0 Å². The van der Waals surface area contributed by atoms with E-state index in [1.165, 1.54) is 31.4 Å². The highest BCUT2D eigenvalue weighted by atomic mass is 19.4. The second-order valence-electron chi connectivity index (χ2n) is 11.0. The number of aryl methyl sites for hydroxylation is 1. The predicted octanol–water partition coefficient (Wildman–Crippen LogP) is 3.62. The van der Waals surface area contributed by atoms with E-state index in [0.717, 1.165) is 10.8 Å². The van der Waals surface area contributed by atoms with Crippen molar-refractivity contribution in [3.63, 3.8) is 0 Å². The van der Waals surface area contributed by atoms with E-state index in [2.05, 4.69) is 20.2 Å². The number of likely N-dealkylation sites (N-methyl/N-ethyl adjacent to an activating group) is 1. The maximum absolute atomic E-state index is 15.9. The zero-order valence-electron chi connectivity index (χ0n) is 24.3. The lowest BCUT2D eigenvalue weighted by atomic mass is 10.0. The molecule has 2 saturated heterocycles. The molecule has 2 unspecified atom stereocenters. The van der Waals surface area contributed by atoms with E-state index in [1.807, 2.05) is 30.7 Å². The van der Waals surface area contributed by atoms with Gasteiger partial charge in [0, 0.05) is 69.3 Å². The molecular weight excluding hydrogens is 570 g/mol. The molecular formula is C29H33F4N7O3. The van der Waals surface area contributed by atoms with E-state index in [4.69, 9.17) is 4.74 Å². The van der Waals surface area contributed by atoms with Crippen LogP contribution in [0.25, 0.3) is 11.3 Å². The first-order chi connectivity index (χ1) is 20.3. The molecule has 0 bridgehead atoms. The van der Waals surface area contributed by atoms with Crippen molar-refractivity contribution in [2.45, 2.75) is 32.1 Å². The van der Waals surface area contributed by atoms with E-state index in [0.29, 0.717) is 57.1 Å². The maximum Gasteiger partial charge on any atom is 0.417 e. The SMILES string of the molecule is CC1CN(c2cc(F)c(-c3ccnc(N4CCOCC4)n3)cc2NC(=O)c2cn(C)c(=O)cc2C(F)(F)F)CC(C)N1C. The molecule has 3 aromatic rings. The first-order valence-corrected chi connectivity index (χ1v) is 13.9. The van der Waals surface area contributed by atoms with Gasteiger partial charge in [0.05, 0.1) is 41.4 Å². The number of rotatable bonds is 5. The molecule has 2 aromatic heterocycles. The smallest absolute Gasteiger partial charge is 0.378 e. The molecule has 43 heavy (non-hydrogen) atoms. The molecule has 2 aliphatic rings. The van der Waals surface area contributed by atoms with E-state index < -0.39 is 34.6 Å². The number of carbonyl (C=O) groups is 1. The number of halogens is 4. The minimum atomic E-state index is -4.95. The predicted molar refractivity (Wildman–Crippen MR) is 154 cm³/mol. The Morgan fingerprint density at radius 1 is 1.05 bits per heavy atom. The van der Waals surface area contributed by atoms with Gasteiger partial charge >= 0.3 is 6.18 Å². The first kappa shape index (κ1) is 30.4. The van der Waals surface area contributed by atoms with Gasteiger partial charge in [-0.1, -0.05) is 0 Å². The highest BCUT2D eigenvalue weighted by molar-refractivity contribution is 6.07. The zero-order chi connectivity index (χ0) is 31.1. The Morgan fingerprint density at radius 3 is 2.37 bits per heavy atom. The highest BCUT2D eigenvalue weighted by Crippen LogP contribution is 2.37. The minimum Gasteiger partial charge on any atom is -0.378 e. The molecule has 2 atom stereocenters. The summed E-state index contributed by atoms with van der Waals surface area (Å²) in [4.78, 5) is 40.3. The van der Waals surface area contributed by atoms with Crippen LogP contribution in [0, 0.1) is 5.82 Å². The van der Waals surface area contributed by atoms with Gasteiger partial charge in [0.15, 0.2) is 0 Å². The number of hydrogen-bond acceptors (Lipinski definition) is 8. The molecule has 0 saturated carbocycles. The molecule has 0 radical (unpaired) electrons. The largest absolute Gasteiger partial charge is 0.417 e. The van der Waals surface area contributed by atoms with Crippen molar-refractivity contribution in [2.24, 2.45) is 7.05 Å². The van der Waals surface area contributed by atoms with Crippen molar-refractivity contribution >= 4 is 23.2 Å². The minimum absolute atomic E-state index is 0.0442. The number of morpholine rings is 1. The second kappa shape index (κ2) is 11.9. The molecule has 0 aliphatic carbocycles. The van der Waals surface area contributed by atoms with Crippen molar-refractivity contribution in [2.75, 3.05) is 61.6 Å². The van der Waals surface area contributed by atoms with Crippen molar-refractivity contribution in [1.82, 2.24) is 19.4 Å². The van der Waals surface area contributed by atoms with Gasteiger partial charge in [-0.05, 0) is 39.1 Å². The van der Waals surface area contributed by atoms with Gasteiger partial charge in [-0.15, -0.1) is 0 Å². The van der Waals surface area contributed by atoms with Crippen LogP contribution in [0.5, 0.6) is 0 Å². The number of aromatic nitrogens is 3. The van der Waals surface area contributed by atoms with Crippen LogP contribution < -0.4 is 20.7 Å². The van der Waals surface area contributed by atoms with Crippen LogP contribution in [-0.2, 0) is 18.0 Å². The van der Waals surface area contributed by atoms with Gasteiger partial charge in [-0.25, -0.2) is 14.4 Å². The van der Waals surface area contributed by atoms with E-state index in [9.17, 15) is 22.8 Å². The zero-order valence-corrected chi connectivity index (χ0v) is 24.3. The van der Waals surface area contributed by atoms with E-state index in [-0.39, 0.29) is 29.0 Å². The Labute approximate surface area is 245 Å². The molecule has 1 amide bonds. The highest BCUT2D eigenvalue weighted by Gasteiger charge is 2.37. The van der Waals surface area contributed by atoms with Crippen LogP contribution in [0.1, 0.15) is 29.8 Å². The van der Waals surface area contributed by atoms with Crippen LogP contribution in [0.3, 0.4) is 0 Å². The van der Waals surface area contributed by atoms with Crippen LogP contribution in [-0.4, -0.2) is 83.9 Å². The summed E-state index contributed by atoms with van der Waals surface area (Å²) in [5, 5.41) is 2.59. The average Bonchev–Trinajstić information content (AvgIpc) is 2.97. The molecule has 0 spiro atoms. The van der Waals surface area contributed by atoms with Crippen LogP contribution in [0.15, 0.2) is 41.5 Å².